The highest BCUT2D eigenvalue weighted by atomic mass is 16.5. The van der Waals surface area contributed by atoms with Crippen molar-refractivity contribution >= 4 is 5.97 Å². The highest BCUT2D eigenvalue weighted by molar-refractivity contribution is 5.89. The van der Waals surface area contributed by atoms with Gasteiger partial charge in [-0.2, -0.15) is 0 Å². The topological polar surface area (TPSA) is 46.5 Å². The van der Waals surface area contributed by atoms with Crippen LogP contribution in [-0.2, 0) is 4.74 Å². The van der Waals surface area contributed by atoms with Crippen LogP contribution in [0, 0.1) is 6.92 Å². The highest BCUT2D eigenvalue weighted by Crippen LogP contribution is 2.01. The minimum absolute atomic E-state index is 0.142. The van der Waals surface area contributed by atoms with Crippen LogP contribution in [-0.4, -0.2) is 24.3 Å². The van der Waals surface area contributed by atoms with Gasteiger partial charge in [0, 0.05) is 6.61 Å². The Morgan fingerprint density at radius 2 is 1.32 bits per heavy atom. The van der Waals surface area contributed by atoms with Crippen molar-refractivity contribution < 1.29 is 14.6 Å². The van der Waals surface area contributed by atoms with Crippen molar-refractivity contribution in [3.63, 3.8) is 0 Å². The first-order valence-electron chi connectivity index (χ1n) is 9.08. The van der Waals surface area contributed by atoms with E-state index in [1.54, 1.807) is 24.3 Å². The second-order valence-electron chi connectivity index (χ2n) is 4.59. The fourth-order valence-electron chi connectivity index (χ4n) is 1.57. The summed E-state index contributed by atoms with van der Waals surface area (Å²) >= 11 is 0. The van der Waals surface area contributed by atoms with E-state index in [4.69, 9.17) is 9.84 Å². The minimum atomic E-state index is -0.302. The zero-order chi connectivity index (χ0) is 19.3. The number of aliphatic hydroxyl groups is 1. The summed E-state index contributed by atoms with van der Waals surface area (Å²) in [5, 5.41) is 8.51. The Morgan fingerprint density at radius 3 is 1.72 bits per heavy atom. The summed E-state index contributed by atoms with van der Waals surface area (Å²) in [5.74, 6) is -0.302. The third-order valence-electron chi connectivity index (χ3n) is 2.74. The monoisotopic (exact) mass is 346 g/mol. The average molecular weight is 347 g/mol. The summed E-state index contributed by atoms with van der Waals surface area (Å²) in [6.07, 6.45) is 1.37. The van der Waals surface area contributed by atoms with Gasteiger partial charge in [0.15, 0.2) is 0 Å². The lowest BCUT2D eigenvalue weighted by atomic mass is 10.2. The number of carbonyl (C=O) groups excluding carboxylic acids is 1. The molecule has 2 aromatic rings. The first-order valence-corrected chi connectivity index (χ1v) is 9.08. The minimum Gasteiger partial charge on any atom is -0.462 e. The van der Waals surface area contributed by atoms with Gasteiger partial charge in [0.2, 0.25) is 0 Å². The Labute approximate surface area is 153 Å². The molecular formula is C22H34O3. The number of esters is 1. The van der Waals surface area contributed by atoms with Crippen LogP contribution in [0.3, 0.4) is 0 Å². The van der Waals surface area contributed by atoms with Gasteiger partial charge in [-0.15, -0.1) is 0 Å². The van der Waals surface area contributed by atoms with Crippen LogP contribution in [0.25, 0.3) is 0 Å². The van der Waals surface area contributed by atoms with Crippen molar-refractivity contribution in [3.8, 4) is 0 Å². The third kappa shape index (κ3) is 15.2. The number of unbranched alkanes of at least 4 members (excludes halogenated alkanes) is 1. The van der Waals surface area contributed by atoms with Crippen molar-refractivity contribution in [1.29, 1.82) is 0 Å². The summed E-state index contributed by atoms with van der Waals surface area (Å²) < 4.78 is 4.98. The van der Waals surface area contributed by atoms with Gasteiger partial charge in [-0.25, -0.2) is 4.79 Å². The van der Waals surface area contributed by atoms with Crippen LogP contribution in [0.15, 0.2) is 60.7 Å². The number of benzene rings is 2. The standard InChI is InChI=1S/C11H14O3.C7H8.2C2H6/c12-8-4-5-9-14-11(13)10-6-2-1-3-7-10;1-7-5-3-2-4-6-7;2*1-2/h1-3,6-7,12H,4-5,8-9H2;2-6H,1H3;2*1-2H3. The van der Waals surface area contributed by atoms with E-state index in [1.165, 1.54) is 5.56 Å². The van der Waals surface area contributed by atoms with Crippen molar-refractivity contribution in [2.24, 2.45) is 0 Å². The maximum Gasteiger partial charge on any atom is 0.338 e. The Balaban J connectivity index is 0. The van der Waals surface area contributed by atoms with Crippen molar-refractivity contribution in [2.45, 2.75) is 47.5 Å². The number of hydrogen-bond acceptors (Lipinski definition) is 3. The second-order valence-corrected chi connectivity index (χ2v) is 4.59. The molecule has 0 aromatic heterocycles. The molecule has 0 amide bonds. The second kappa shape index (κ2) is 19.9. The van der Waals surface area contributed by atoms with Crippen LogP contribution in [0.1, 0.15) is 56.5 Å². The molecule has 0 radical (unpaired) electrons. The third-order valence-corrected chi connectivity index (χ3v) is 2.74. The molecule has 140 valence electrons. The summed E-state index contributed by atoms with van der Waals surface area (Å²) in [4.78, 5) is 11.3. The number of carbonyl (C=O) groups is 1. The molecule has 0 aliphatic rings. The van der Waals surface area contributed by atoms with E-state index in [1.807, 2.05) is 52.0 Å². The van der Waals surface area contributed by atoms with E-state index in [0.717, 1.165) is 0 Å². The van der Waals surface area contributed by atoms with Gasteiger partial charge < -0.3 is 9.84 Å². The van der Waals surface area contributed by atoms with E-state index in [9.17, 15) is 4.79 Å². The molecule has 1 N–H and O–H groups in total. The lowest BCUT2D eigenvalue weighted by Crippen LogP contribution is -2.06. The molecule has 0 saturated heterocycles. The zero-order valence-corrected chi connectivity index (χ0v) is 16.4. The van der Waals surface area contributed by atoms with Crippen LogP contribution in [0.5, 0.6) is 0 Å². The molecule has 0 aliphatic heterocycles. The molecule has 0 unspecified atom stereocenters. The molecule has 0 fully saturated rings. The summed E-state index contributed by atoms with van der Waals surface area (Å²) in [6, 6.07) is 19.1. The van der Waals surface area contributed by atoms with Gasteiger partial charge in [-0.3, -0.25) is 0 Å². The Kier molecular flexibility index (Phi) is 20.0. The Morgan fingerprint density at radius 1 is 0.840 bits per heavy atom. The largest absolute Gasteiger partial charge is 0.462 e. The van der Waals surface area contributed by atoms with Gasteiger partial charge in [-0.05, 0) is 31.9 Å². The van der Waals surface area contributed by atoms with E-state index in [-0.39, 0.29) is 12.6 Å². The molecule has 0 saturated carbocycles. The van der Waals surface area contributed by atoms with Gasteiger partial charge in [-0.1, -0.05) is 81.8 Å². The molecule has 25 heavy (non-hydrogen) atoms. The summed E-state index contributed by atoms with van der Waals surface area (Å²) in [6.45, 7) is 10.6. The molecule has 0 bridgehead atoms. The quantitative estimate of drug-likeness (QED) is 0.561. The number of aliphatic hydroxyl groups excluding tert-OH is 1. The maximum absolute atomic E-state index is 11.3. The van der Waals surface area contributed by atoms with Gasteiger partial charge in [0.1, 0.15) is 0 Å². The van der Waals surface area contributed by atoms with E-state index < -0.39 is 0 Å². The van der Waals surface area contributed by atoms with E-state index in [2.05, 4.69) is 19.1 Å². The fraction of sp³-hybridized carbons (Fsp3) is 0.409. The molecule has 0 atom stereocenters. The van der Waals surface area contributed by atoms with E-state index in [0.29, 0.717) is 25.0 Å². The van der Waals surface area contributed by atoms with Crippen molar-refractivity contribution in [3.05, 3.63) is 71.8 Å². The number of hydrogen-bond donors (Lipinski definition) is 1. The lowest BCUT2D eigenvalue weighted by Gasteiger charge is -2.03. The predicted octanol–water partition coefficient (Wildman–Crippen LogP) is 5.66. The predicted molar refractivity (Wildman–Crippen MR) is 107 cm³/mol. The smallest absolute Gasteiger partial charge is 0.338 e. The molecule has 0 spiro atoms. The SMILES string of the molecule is CC.CC.Cc1ccccc1.O=C(OCCCCO)c1ccccc1. The van der Waals surface area contributed by atoms with Crippen LogP contribution < -0.4 is 0 Å². The first kappa shape index (κ1) is 25.1. The molecular weight excluding hydrogens is 312 g/mol. The van der Waals surface area contributed by atoms with Crippen LogP contribution in [0.4, 0.5) is 0 Å². The van der Waals surface area contributed by atoms with Crippen molar-refractivity contribution in [2.75, 3.05) is 13.2 Å². The average Bonchev–Trinajstić information content (AvgIpc) is 2.70. The molecule has 3 heteroatoms. The number of ether oxygens (including phenoxy) is 1. The summed E-state index contributed by atoms with van der Waals surface area (Å²) in [5.41, 5.74) is 1.89. The molecule has 0 aliphatic carbocycles. The molecule has 3 nitrogen and oxygen atoms in total. The molecule has 2 rings (SSSR count). The van der Waals surface area contributed by atoms with Crippen molar-refractivity contribution in [1.82, 2.24) is 0 Å². The first-order chi connectivity index (χ1) is 12.2. The van der Waals surface area contributed by atoms with Gasteiger partial charge in [0.05, 0.1) is 12.2 Å². The van der Waals surface area contributed by atoms with Gasteiger partial charge in [0.25, 0.3) is 0 Å². The van der Waals surface area contributed by atoms with Crippen LogP contribution in [0.2, 0.25) is 0 Å². The number of rotatable bonds is 5. The fourth-order valence-corrected chi connectivity index (χ4v) is 1.57. The Hall–Kier alpha value is -2.13. The van der Waals surface area contributed by atoms with Crippen LogP contribution >= 0.6 is 0 Å². The Bertz CT molecular complexity index is 495. The maximum atomic E-state index is 11.3. The highest BCUT2D eigenvalue weighted by Gasteiger charge is 2.04. The van der Waals surface area contributed by atoms with E-state index >= 15 is 0 Å². The summed E-state index contributed by atoms with van der Waals surface area (Å²) in [7, 11) is 0. The molecule has 2 aromatic carbocycles. The normalized spacial score (nSPS) is 8.40. The molecule has 0 heterocycles. The lowest BCUT2D eigenvalue weighted by molar-refractivity contribution is 0.0492. The van der Waals surface area contributed by atoms with Gasteiger partial charge >= 0.3 is 5.97 Å². The zero-order valence-electron chi connectivity index (χ0n) is 16.4. The number of aryl methyl sites for hydroxylation is 1.